The van der Waals surface area contributed by atoms with Crippen LogP contribution >= 0.6 is 95.6 Å². The number of hydrogen-bond donors (Lipinski definition) is 0. The van der Waals surface area contributed by atoms with Gasteiger partial charge in [-0.2, -0.15) is 9.98 Å². The number of rotatable bonds is 14. The maximum atomic E-state index is 14.0. The molecule has 0 aliphatic rings. The average Bonchev–Trinajstić information content (AvgIpc) is 3.47. The quantitative estimate of drug-likeness (QED) is 0.0801. The van der Waals surface area contributed by atoms with Crippen molar-refractivity contribution in [2.24, 2.45) is 20.0 Å². The lowest BCUT2D eigenvalue weighted by molar-refractivity contribution is 0.0994. The summed E-state index contributed by atoms with van der Waals surface area (Å²) in [6.45, 7) is 1.90. The van der Waals surface area contributed by atoms with Crippen molar-refractivity contribution in [3.63, 3.8) is 0 Å². The topological polar surface area (TPSA) is 90.1 Å². The van der Waals surface area contributed by atoms with E-state index >= 15 is 0 Å². The van der Waals surface area contributed by atoms with Crippen molar-refractivity contribution >= 4 is 131 Å². The van der Waals surface area contributed by atoms with Gasteiger partial charge in [0, 0.05) is 86.4 Å². The minimum absolute atomic E-state index is 0.273. The molecule has 0 saturated carbocycles. The smallest absolute Gasteiger partial charge is 0.279 e. The van der Waals surface area contributed by atoms with Crippen LogP contribution < -0.4 is 0 Å². The van der Waals surface area contributed by atoms with Crippen LogP contribution in [0.4, 0.5) is 0 Å². The number of benzene rings is 9. The van der Waals surface area contributed by atoms with Crippen LogP contribution in [0.25, 0.3) is 0 Å². The van der Waals surface area contributed by atoms with Crippen LogP contribution in [0.2, 0.25) is 0 Å². The Morgan fingerprint density at radius 2 is 0.500 bits per heavy atom. The highest BCUT2D eigenvalue weighted by atomic mass is 79.9. The maximum Gasteiger partial charge on any atom is 0.279 e. The molecule has 0 saturated heterocycles. The zero-order chi connectivity index (χ0) is 54.4. The summed E-state index contributed by atoms with van der Waals surface area (Å²) >= 11 is 21.4. The Morgan fingerprint density at radius 3 is 0.769 bits per heavy atom. The van der Waals surface area contributed by atoms with Gasteiger partial charge in [-0.1, -0.05) is 229 Å². The number of amidine groups is 4. The first kappa shape index (κ1) is 56.2. The first-order valence-electron chi connectivity index (χ1n) is 24.5. The Kier molecular flexibility index (Phi) is 19.7. The van der Waals surface area contributed by atoms with Gasteiger partial charge in [-0.15, -0.1) is 0 Å². The molecule has 9 rings (SSSR count). The maximum absolute atomic E-state index is 14.0. The van der Waals surface area contributed by atoms with Crippen molar-refractivity contribution in [1.29, 1.82) is 0 Å². The number of halogens is 6. The Balaban J connectivity index is 1.13. The fourth-order valence-corrected chi connectivity index (χ4v) is 9.84. The van der Waals surface area contributed by atoms with Crippen molar-refractivity contribution in [1.82, 2.24) is 9.80 Å². The molecular weight excluding hydrogens is 1360 g/mol. The molecule has 0 bridgehead atoms. The minimum Gasteiger partial charge on any atom is -0.347 e. The molecule has 0 aromatic heterocycles. The van der Waals surface area contributed by atoms with Crippen LogP contribution in [0.3, 0.4) is 0 Å². The molecule has 386 valence electrons. The predicted molar refractivity (Wildman–Crippen MR) is 337 cm³/mol. The molecule has 2 amide bonds. The molecule has 0 aliphatic heterocycles. The lowest BCUT2D eigenvalue weighted by Gasteiger charge is -2.28. The molecule has 0 fully saturated rings. The molecule has 78 heavy (non-hydrogen) atoms. The van der Waals surface area contributed by atoms with Gasteiger partial charge in [0.05, 0.1) is 0 Å². The van der Waals surface area contributed by atoms with Gasteiger partial charge in [-0.05, 0) is 119 Å². The number of carbonyl (C=O) groups excluding carboxylic acids is 2. The van der Waals surface area contributed by atoms with Gasteiger partial charge in [0.25, 0.3) is 11.8 Å². The van der Waals surface area contributed by atoms with Gasteiger partial charge >= 0.3 is 0 Å². The molecule has 9 aromatic rings. The van der Waals surface area contributed by atoms with Crippen molar-refractivity contribution in [3.8, 4) is 0 Å². The summed E-state index contributed by atoms with van der Waals surface area (Å²) in [4.78, 5) is 52.5. The third kappa shape index (κ3) is 15.8. The molecule has 0 atom stereocenters. The first-order chi connectivity index (χ1) is 37.9. The highest BCUT2D eigenvalue weighted by molar-refractivity contribution is 9.11. The molecule has 0 spiro atoms. The fraction of sp³-hybridized carbons (Fsp3) is 0.0625. The second-order valence-electron chi connectivity index (χ2n) is 17.9. The van der Waals surface area contributed by atoms with E-state index in [9.17, 15) is 9.59 Å². The number of hydrogen-bond acceptors (Lipinski definition) is 2. The van der Waals surface area contributed by atoms with E-state index in [0.717, 1.165) is 60.2 Å². The summed E-state index contributed by atoms with van der Waals surface area (Å²) in [5.74, 6) is 0.985. The van der Waals surface area contributed by atoms with Gasteiger partial charge in [0.2, 0.25) is 0 Å². The van der Waals surface area contributed by atoms with E-state index in [-0.39, 0.29) is 11.7 Å². The van der Waals surface area contributed by atoms with E-state index < -0.39 is 11.8 Å². The molecule has 0 unspecified atom stereocenters. The molecule has 0 aliphatic carbocycles. The molecular formula is C64H46Br6N6O2. The van der Waals surface area contributed by atoms with Crippen molar-refractivity contribution in [2.45, 2.75) is 26.2 Å². The summed E-state index contributed by atoms with van der Waals surface area (Å²) < 4.78 is 5.34. The standard InChI is InChI=1S/C64H46Br6N6O2/c65-53-27-15-47(16-28-53)59(73-63(77)51-23-35-57(69)36-24-51)71-61(49-19-31-55(67)32-20-49)75(39-43-7-3-1-4-8-43)41-45-11-13-46(14-12-45)42-76(40-44-9-5-2-6-10-44)62(50-21-33-56(68)34-22-50)72-60(48-17-29-54(66)30-18-48)74-64(78)52-25-37-58(70)38-26-52/h1-38H,39-42H2. The highest BCUT2D eigenvalue weighted by Gasteiger charge is 2.22. The molecule has 14 heteroatoms. The zero-order valence-electron chi connectivity index (χ0n) is 41.5. The number of carbonyl (C=O) groups is 2. The first-order valence-corrected chi connectivity index (χ1v) is 29.3. The Labute approximate surface area is 504 Å². The monoisotopic (exact) mass is 1400 g/mol. The lowest BCUT2D eigenvalue weighted by atomic mass is 10.1. The van der Waals surface area contributed by atoms with E-state index in [0.29, 0.717) is 60.1 Å². The van der Waals surface area contributed by atoms with Crippen molar-refractivity contribution < 1.29 is 9.59 Å². The van der Waals surface area contributed by atoms with Crippen LogP contribution in [0.5, 0.6) is 0 Å². The lowest BCUT2D eigenvalue weighted by Crippen LogP contribution is -2.32. The number of amides is 2. The number of nitrogens with zero attached hydrogens (tertiary/aromatic N) is 6. The summed E-state index contributed by atoms with van der Waals surface area (Å²) in [5, 5.41) is 0. The second kappa shape index (κ2) is 27.4. The molecule has 0 N–H and O–H groups in total. The van der Waals surface area contributed by atoms with E-state index in [1.807, 2.05) is 158 Å². The fourth-order valence-electron chi connectivity index (χ4n) is 8.26. The number of aliphatic imine (C=N–C) groups is 4. The molecule has 0 radical (unpaired) electrons. The van der Waals surface area contributed by atoms with Crippen LogP contribution in [0.1, 0.15) is 65.2 Å². The van der Waals surface area contributed by atoms with Gasteiger partial charge in [-0.3, -0.25) is 9.59 Å². The molecule has 0 heterocycles. The molecule has 9 aromatic carbocycles. The van der Waals surface area contributed by atoms with E-state index in [1.54, 1.807) is 24.3 Å². The van der Waals surface area contributed by atoms with E-state index in [1.165, 1.54) is 0 Å². The SMILES string of the molecule is O=C(N=C(N=C(c1ccc(Br)cc1)N(Cc1ccccc1)Cc1ccc(CN(Cc2ccccc2)C(=NC(=NC(=O)c2ccc(Br)cc2)c2ccc(Br)cc2)c2ccc(Br)cc2)cc1)c1ccc(Br)cc1)c1ccc(Br)cc1. The van der Waals surface area contributed by atoms with Crippen molar-refractivity contribution in [3.05, 3.63) is 313 Å². The molecule has 8 nitrogen and oxygen atoms in total. The van der Waals surface area contributed by atoms with Crippen LogP contribution in [0.15, 0.2) is 277 Å². The zero-order valence-corrected chi connectivity index (χ0v) is 51.1. The minimum atomic E-state index is -0.412. The summed E-state index contributed by atoms with van der Waals surface area (Å²) in [5.41, 5.74) is 8.13. The Morgan fingerprint density at radius 1 is 0.269 bits per heavy atom. The van der Waals surface area contributed by atoms with E-state index in [2.05, 4.69) is 154 Å². The summed E-state index contributed by atoms with van der Waals surface area (Å²) in [7, 11) is 0. The Hall–Kier alpha value is -6.52. The Bertz CT molecular complexity index is 3370. The average molecular weight is 1410 g/mol. The van der Waals surface area contributed by atoms with Gasteiger partial charge < -0.3 is 9.80 Å². The normalized spacial score (nSPS) is 12.1. The van der Waals surface area contributed by atoms with Gasteiger partial charge in [-0.25, -0.2) is 9.98 Å². The highest BCUT2D eigenvalue weighted by Crippen LogP contribution is 2.25. The van der Waals surface area contributed by atoms with Gasteiger partial charge in [0.15, 0.2) is 11.7 Å². The van der Waals surface area contributed by atoms with Crippen LogP contribution in [-0.2, 0) is 26.2 Å². The van der Waals surface area contributed by atoms with Crippen molar-refractivity contribution in [2.75, 3.05) is 0 Å². The van der Waals surface area contributed by atoms with E-state index in [4.69, 9.17) is 20.0 Å². The predicted octanol–water partition coefficient (Wildman–Crippen LogP) is 17.7. The largest absolute Gasteiger partial charge is 0.347 e. The third-order valence-corrected chi connectivity index (χ3v) is 15.4. The third-order valence-electron chi connectivity index (χ3n) is 12.2. The summed E-state index contributed by atoms with van der Waals surface area (Å²) in [6.07, 6.45) is 0. The summed E-state index contributed by atoms with van der Waals surface area (Å²) in [6, 6.07) is 74.8. The van der Waals surface area contributed by atoms with Crippen LogP contribution in [-0.4, -0.2) is 45.0 Å². The second-order valence-corrected chi connectivity index (χ2v) is 23.4. The van der Waals surface area contributed by atoms with Gasteiger partial charge in [0.1, 0.15) is 11.7 Å². The van der Waals surface area contributed by atoms with Crippen LogP contribution in [0, 0.1) is 0 Å².